The van der Waals surface area contributed by atoms with Gasteiger partial charge in [-0.05, 0) is 27.2 Å². The van der Waals surface area contributed by atoms with Gasteiger partial charge in [-0.25, -0.2) is 0 Å². The maximum absolute atomic E-state index is 9.53. The van der Waals surface area contributed by atoms with Crippen LogP contribution in [0.3, 0.4) is 0 Å². The summed E-state index contributed by atoms with van der Waals surface area (Å²) in [6.45, 7) is 6.70. The number of methoxy groups -OCH3 is 1. The van der Waals surface area contributed by atoms with E-state index in [1.54, 1.807) is 14.0 Å². The van der Waals surface area contributed by atoms with E-state index in [4.69, 9.17) is 15.2 Å². The maximum Gasteiger partial charge on any atom is 0.0973 e. The lowest BCUT2D eigenvalue weighted by Gasteiger charge is -2.25. The van der Waals surface area contributed by atoms with Gasteiger partial charge in [0.05, 0.1) is 17.8 Å². The number of hydrogen-bond acceptors (Lipinski definition) is 4. The third-order valence-corrected chi connectivity index (χ3v) is 2.25. The average Bonchev–Trinajstić information content (AvgIpc) is 2.13. The van der Waals surface area contributed by atoms with Crippen LogP contribution >= 0.6 is 0 Å². The van der Waals surface area contributed by atoms with Crippen LogP contribution in [0.5, 0.6) is 0 Å². The monoisotopic (exact) mass is 205 g/mol. The lowest BCUT2D eigenvalue weighted by Crippen LogP contribution is -2.39. The highest BCUT2D eigenvalue weighted by molar-refractivity contribution is 4.73. The molecule has 0 fully saturated rings. The largest absolute Gasteiger partial charge is 0.386 e. The molecule has 0 saturated heterocycles. The van der Waals surface area contributed by atoms with E-state index in [2.05, 4.69) is 0 Å². The minimum absolute atomic E-state index is 0.172. The number of ether oxygens (including phenoxy) is 2. The van der Waals surface area contributed by atoms with Crippen molar-refractivity contribution in [2.75, 3.05) is 26.9 Å². The summed E-state index contributed by atoms with van der Waals surface area (Å²) in [4.78, 5) is 0. The Morgan fingerprint density at radius 2 is 1.86 bits per heavy atom. The first kappa shape index (κ1) is 13.8. The van der Waals surface area contributed by atoms with Crippen molar-refractivity contribution in [2.45, 2.75) is 38.4 Å². The van der Waals surface area contributed by atoms with Gasteiger partial charge in [-0.1, -0.05) is 0 Å². The summed E-state index contributed by atoms with van der Waals surface area (Å²) >= 11 is 0. The Morgan fingerprint density at radius 1 is 1.29 bits per heavy atom. The molecule has 0 rings (SSSR count). The Bertz CT molecular complexity index is 139. The summed E-state index contributed by atoms with van der Waals surface area (Å²) in [6.07, 6.45) is 0.796. The molecule has 0 aliphatic carbocycles. The van der Waals surface area contributed by atoms with Gasteiger partial charge < -0.3 is 20.3 Å². The molecule has 1 atom stereocenters. The third-order valence-electron chi connectivity index (χ3n) is 2.25. The molecule has 0 aliphatic heterocycles. The van der Waals surface area contributed by atoms with Gasteiger partial charge in [-0.2, -0.15) is 0 Å². The van der Waals surface area contributed by atoms with Crippen molar-refractivity contribution in [3.63, 3.8) is 0 Å². The quantitative estimate of drug-likeness (QED) is 0.595. The minimum atomic E-state index is -0.919. The van der Waals surface area contributed by atoms with Crippen LogP contribution in [-0.4, -0.2) is 43.2 Å². The highest BCUT2D eigenvalue weighted by Gasteiger charge is 2.20. The van der Waals surface area contributed by atoms with E-state index in [0.29, 0.717) is 6.61 Å². The van der Waals surface area contributed by atoms with Crippen LogP contribution in [0.4, 0.5) is 0 Å². The predicted molar refractivity (Wildman–Crippen MR) is 56.2 cm³/mol. The first-order chi connectivity index (χ1) is 6.33. The van der Waals surface area contributed by atoms with Gasteiger partial charge >= 0.3 is 0 Å². The van der Waals surface area contributed by atoms with Crippen molar-refractivity contribution < 1.29 is 14.6 Å². The molecule has 4 heteroatoms. The van der Waals surface area contributed by atoms with Crippen molar-refractivity contribution in [3.05, 3.63) is 0 Å². The van der Waals surface area contributed by atoms with Crippen LogP contribution in [0, 0.1) is 0 Å². The number of hydrogen-bond donors (Lipinski definition) is 2. The summed E-state index contributed by atoms with van der Waals surface area (Å²) in [6, 6.07) is 0. The fourth-order valence-electron chi connectivity index (χ4n) is 0.771. The number of aliphatic hydroxyl groups is 1. The van der Waals surface area contributed by atoms with Crippen molar-refractivity contribution in [1.29, 1.82) is 0 Å². The van der Waals surface area contributed by atoms with Crippen LogP contribution in [0.25, 0.3) is 0 Å². The molecule has 0 radical (unpaired) electrons. The van der Waals surface area contributed by atoms with E-state index in [1.807, 2.05) is 13.8 Å². The highest BCUT2D eigenvalue weighted by atomic mass is 16.5. The molecule has 0 amide bonds. The number of nitrogens with two attached hydrogens (primary N) is 1. The number of rotatable bonds is 7. The molecule has 4 nitrogen and oxygen atoms in total. The summed E-state index contributed by atoms with van der Waals surface area (Å²) < 4.78 is 10.5. The fraction of sp³-hybridized carbons (Fsp3) is 1.00. The Balaban J connectivity index is 3.57. The first-order valence-corrected chi connectivity index (χ1v) is 4.88. The standard InChI is InChI=1S/C10H23NO3/c1-9(2,13-4)5-6-14-8-10(3,12)7-11/h12H,5-8,11H2,1-4H3. The molecule has 3 N–H and O–H groups in total. The SMILES string of the molecule is COC(C)(C)CCOCC(C)(O)CN. The van der Waals surface area contributed by atoms with Crippen molar-refractivity contribution in [2.24, 2.45) is 5.73 Å². The average molecular weight is 205 g/mol. The molecule has 0 aromatic heterocycles. The van der Waals surface area contributed by atoms with E-state index in [1.165, 1.54) is 0 Å². The molecular formula is C10H23NO3. The summed E-state index contributed by atoms with van der Waals surface area (Å²) in [5, 5.41) is 9.53. The van der Waals surface area contributed by atoms with Crippen molar-refractivity contribution >= 4 is 0 Å². The molecule has 86 valence electrons. The summed E-state index contributed by atoms with van der Waals surface area (Å²) in [7, 11) is 1.68. The lowest BCUT2D eigenvalue weighted by molar-refractivity contribution is -0.0517. The topological polar surface area (TPSA) is 64.7 Å². The maximum atomic E-state index is 9.53. The van der Waals surface area contributed by atoms with E-state index in [0.717, 1.165) is 6.42 Å². The second kappa shape index (κ2) is 5.66. The zero-order valence-electron chi connectivity index (χ0n) is 9.67. The first-order valence-electron chi connectivity index (χ1n) is 4.88. The molecule has 0 aromatic rings. The predicted octanol–water partition coefficient (Wildman–Crippen LogP) is 0.528. The van der Waals surface area contributed by atoms with Gasteiger partial charge in [0.2, 0.25) is 0 Å². The zero-order valence-corrected chi connectivity index (χ0v) is 9.67. The molecule has 14 heavy (non-hydrogen) atoms. The molecule has 0 bridgehead atoms. The normalized spacial score (nSPS) is 16.7. The van der Waals surface area contributed by atoms with Gasteiger partial charge in [0.25, 0.3) is 0 Å². The van der Waals surface area contributed by atoms with Crippen LogP contribution in [-0.2, 0) is 9.47 Å². The molecule has 0 aliphatic rings. The van der Waals surface area contributed by atoms with Gasteiger partial charge in [-0.3, -0.25) is 0 Å². The smallest absolute Gasteiger partial charge is 0.0973 e. The Morgan fingerprint density at radius 3 is 2.29 bits per heavy atom. The highest BCUT2D eigenvalue weighted by Crippen LogP contribution is 2.13. The molecule has 0 saturated carbocycles. The van der Waals surface area contributed by atoms with E-state index >= 15 is 0 Å². The molecule has 0 heterocycles. The van der Waals surface area contributed by atoms with Crippen molar-refractivity contribution in [1.82, 2.24) is 0 Å². The molecule has 0 aromatic carbocycles. The summed E-state index contributed by atoms with van der Waals surface area (Å²) in [5.74, 6) is 0. The van der Waals surface area contributed by atoms with Crippen LogP contribution in [0.15, 0.2) is 0 Å². The van der Waals surface area contributed by atoms with E-state index in [-0.39, 0.29) is 18.8 Å². The van der Waals surface area contributed by atoms with Crippen LogP contribution < -0.4 is 5.73 Å². The second-order valence-electron chi connectivity index (χ2n) is 4.47. The fourth-order valence-corrected chi connectivity index (χ4v) is 0.771. The van der Waals surface area contributed by atoms with E-state index in [9.17, 15) is 5.11 Å². The lowest BCUT2D eigenvalue weighted by atomic mass is 10.1. The molecule has 0 spiro atoms. The molecular weight excluding hydrogens is 182 g/mol. The third kappa shape index (κ3) is 6.32. The van der Waals surface area contributed by atoms with Crippen LogP contribution in [0.2, 0.25) is 0 Å². The van der Waals surface area contributed by atoms with Crippen LogP contribution in [0.1, 0.15) is 27.2 Å². The molecule has 1 unspecified atom stereocenters. The Labute approximate surface area is 86.4 Å². The second-order valence-corrected chi connectivity index (χ2v) is 4.47. The van der Waals surface area contributed by atoms with Crippen molar-refractivity contribution in [3.8, 4) is 0 Å². The van der Waals surface area contributed by atoms with Gasteiger partial charge in [0.15, 0.2) is 0 Å². The van der Waals surface area contributed by atoms with Gasteiger partial charge in [0.1, 0.15) is 0 Å². The Hall–Kier alpha value is -0.160. The van der Waals surface area contributed by atoms with Gasteiger partial charge in [-0.15, -0.1) is 0 Å². The summed E-state index contributed by atoms with van der Waals surface area (Å²) in [5.41, 5.74) is 4.25. The minimum Gasteiger partial charge on any atom is -0.386 e. The van der Waals surface area contributed by atoms with E-state index < -0.39 is 5.60 Å². The zero-order chi connectivity index (χ0) is 11.2. The Kier molecular flexibility index (Phi) is 5.59. The van der Waals surface area contributed by atoms with Gasteiger partial charge in [0, 0.05) is 20.3 Å².